The van der Waals surface area contributed by atoms with Gasteiger partial charge < -0.3 is 0 Å². The lowest BCUT2D eigenvalue weighted by atomic mass is 10.0. The lowest BCUT2D eigenvalue weighted by molar-refractivity contribution is 0.749. The van der Waals surface area contributed by atoms with Crippen molar-refractivity contribution in [3.63, 3.8) is 0 Å². The Morgan fingerprint density at radius 3 is 2.54 bits per heavy atom. The Morgan fingerprint density at radius 1 is 0.893 bits per heavy atom. The summed E-state index contributed by atoms with van der Waals surface area (Å²) in [5.74, 6) is 0. The van der Waals surface area contributed by atoms with E-state index in [1.807, 2.05) is 36.4 Å². The first kappa shape index (κ1) is 16.7. The van der Waals surface area contributed by atoms with Crippen LogP contribution < -0.4 is 5.56 Å². The molecule has 0 fully saturated rings. The fourth-order valence-corrected chi connectivity index (χ4v) is 3.57. The largest absolute Gasteiger partial charge is 0.294 e. The van der Waals surface area contributed by atoms with E-state index in [9.17, 15) is 4.79 Å². The Hall–Kier alpha value is -3.44. The molecule has 0 spiro atoms. The number of aromatic nitrogens is 4. The molecule has 0 bridgehead atoms. The van der Waals surface area contributed by atoms with Crippen LogP contribution in [0.25, 0.3) is 27.5 Å². The monoisotopic (exact) mass is 386 g/mol. The molecular weight excluding hydrogens is 372 g/mol. The Kier molecular flexibility index (Phi) is 3.95. The second-order valence-electron chi connectivity index (χ2n) is 6.59. The highest BCUT2D eigenvalue weighted by Crippen LogP contribution is 2.20. The van der Waals surface area contributed by atoms with Crippen molar-refractivity contribution >= 4 is 33.4 Å². The van der Waals surface area contributed by atoms with Gasteiger partial charge in [-0.05, 0) is 40.6 Å². The molecule has 0 unspecified atom stereocenters. The van der Waals surface area contributed by atoms with Crippen LogP contribution in [-0.4, -0.2) is 19.3 Å². The van der Waals surface area contributed by atoms with Crippen molar-refractivity contribution in [2.45, 2.75) is 6.54 Å². The summed E-state index contributed by atoms with van der Waals surface area (Å²) in [6, 6.07) is 21.5. The Balaban J connectivity index is 1.59. The first-order valence-corrected chi connectivity index (χ1v) is 9.24. The average molecular weight is 387 g/mol. The van der Waals surface area contributed by atoms with E-state index in [2.05, 4.69) is 28.3 Å². The maximum atomic E-state index is 13.0. The molecule has 2 aromatic heterocycles. The Labute approximate surface area is 165 Å². The minimum atomic E-state index is -0.113. The molecule has 5 rings (SSSR count). The molecule has 0 radical (unpaired) electrons. The fraction of sp³-hybridized carbons (Fsp3) is 0.0455. The van der Waals surface area contributed by atoms with Gasteiger partial charge in [-0.15, -0.1) is 0 Å². The first-order valence-electron chi connectivity index (χ1n) is 8.86. The summed E-state index contributed by atoms with van der Waals surface area (Å²) in [5.41, 5.74) is 2.30. The summed E-state index contributed by atoms with van der Waals surface area (Å²) >= 11 is 5.96. The van der Waals surface area contributed by atoms with Gasteiger partial charge in [-0.25, -0.2) is 9.67 Å². The highest BCUT2D eigenvalue weighted by Gasteiger charge is 2.12. The van der Waals surface area contributed by atoms with E-state index in [1.165, 1.54) is 0 Å². The van der Waals surface area contributed by atoms with E-state index in [4.69, 9.17) is 11.6 Å². The molecule has 5 nitrogen and oxygen atoms in total. The Bertz CT molecular complexity index is 1360. The van der Waals surface area contributed by atoms with Gasteiger partial charge >= 0.3 is 0 Å². The van der Waals surface area contributed by atoms with Crippen molar-refractivity contribution < 1.29 is 0 Å². The molecule has 6 heteroatoms. The summed E-state index contributed by atoms with van der Waals surface area (Å²) in [6.07, 6.45) is 3.15. The maximum Gasteiger partial charge on any atom is 0.264 e. The molecule has 0 N–H and O–H groups in total. The van der Waals surface area contributed by atoms with E-state index in [0.717, 1.165) is 22.0 Å². The van der Waals surface area contributed by atoms with E-state index in [-0.39, 0.29) is 5.56 Å². The number of benzene rings is 3. The van der Waals surface area contributed by atoms with E-state index >= 15 is 0 Å². The number of hydrogen-bond donors (Lipinski definition) is 0. The summed E-state index contributed by atoms with van der Waals surface area (Å²) in [7, 11) is 0. The molecule has 0 saturated carbocycles. The van der Waals surface area contributed by atoms with Crippen molar-refractivity contribution in [1.29, 1.82) is 0 Å². The highest BCUT2D eigenvalue weighted by molar-refractivity contribution is 6.30. The summed E-state index contributed by atoms with van der Waals surface area (Å²) < 4.78 is 3.27. The lowest BCUT2D eigenvalue weighted by Gasteiger charge is -2.09. The minimum absolute atomic E-state index is 0.113. The molecule has 0 atom stereocenters. The fourth-order valence-electron chi connectivity index (χ4n) is 3.45. The zero-order chi connectivity index (χ0) is 19.1. The number of fused-ring (bicyclic) bond motifs is 2. The van der Waals surface area contributed by atoms with Crippen LogP contribution in [-0.2, 0) is 6.54 Å². The predicted octanol–water partition coefficient (Wildman–Crippen LogP) is 4.44. The van der Waals surface area contributed by atoms with Crippen molar-refractivity contribution in [2.75, 3.05) is 0 Å². The molecule has 5 aromatic rings. The highest BCUT2D eigenvalue weighted by atomic mass is 35.5. The van der Waals surface area contributed by atoms with Crippen molar-refractivity contribution in [2.24, 2.45) is 0 Å². The summed E-state index contributed by atoms with van der Waals surface area (Å²) in [6.45, 7) is 0.454. The lowest BCUT2D eigenvalue weighted by Crippen LogP contribution is -2.21. The van der Waals surface area contributed by atoms with Crippen LogP contribution in [0.1, 0.15) is 5.56 Å². The minimum Gasteiger partial charge on any atom is -0.294 e. The molecular formula is C22H15ClN4O. The number of nitrogens with zero attached hydrogens (tertiary/aromatic N) is 4. The van der Waals surface area contributed by atoms with Gasteiger partial charge in [0.05, 0.1) is 18.4 Å². The van der Waals surface area contributed by atoms with Crippen LogP contribution >= 0.6 is 11.6 Å². The van der Waals surface area contributed by atoms with Crippen molar-refractivity contribution in [3.8, 4) is 5.69 Å². The third-order valence-corrected chi connectivity index (χ3v) is 5.10. The van der Waals surface area contributed by atoms with Crippen LogP contribution in [0, 0.1) is 0 Å². The third kappa shape index (κ3) is 2.77. The van der Waals surface area contributed by atoms with E-state index in [0.29, 0.717) is 22.6 Å². The van der Waals surface area contributed by atoms with Crippen LogP contribution in [0.5, 0.6) is 0 Å². The van der Waals surface area contributed by atoms with Gasteiger partial charge in [0, 0.05) is 5.02 Å². The number of halogens is 1. The SMILES string of the molecule is O=c1c2cnn(-c3ccc(Cl)cc3)c2ncn1Cc1cccc2ccccc12. The molecule has 28 heavy (non-hydrogen) atoms. The molecule has 0 aliphatic rings. The van der Waals surface area contributed by atoms with Crippen LogP contribution in [0.15, 0.2) is 84.0 Å². The second kappa shape index (κ2) is 6.62. The molecule has 136 valence electrons. The topological polar surface area (TPSA) is 52.7 Å². The predicted molar refractivity (Wildman–Crippen MR) is 111 cm³/mol. The van der Waals surface area contributed by atoms with Gasteiger partial charge in [0.25, 0.3) is 5.56 Å². The van der Waals surface area contributed by atoms with Crippen LogP contribution in [0.4, 0.5) is 0 Å². The molecule has 0 saturated heterocycles. The van der Waals surface area contributed by atoms with Crippen LogP contribution in [0.3, 0.4) is 0 Å². The number of rotatable bonds is 3. The van der Waals surface area contributed by atoms with Gasteiger partial charge in [-0.3, -0.25) is 9.36 Å². The molecule has 3 aromatic carbocycles. The van der Waals surface area contributed by atoms with Gasteiger partial charge in [0.1, 0.15) is 11.7 Å². The smallest absolute Gasteiger partial charge is 0.264 e. The van der Waals surface area contributed by atoms with Crippen molar-refractivity contribution in [3.05, 3.63) is 100 Å². The summed E-state index contributed by atoms with van der Waals surface area (Å²) in [4.78, 5) is 17.5. The quantitative estimate of drug-likeness (QED) is 0.460. The van der Waals surface area contributed by atoms with E-state index in [1.54, 1.807) is 33.9 Å². The molecule has 0 aliphatic heterocycles. The molecule has 2 heterocycles. The molecule has 0 aliphatic carbocycles. The van der Waals surface area contributed by atoms with Crippen molar-refractivity contribution in [1.82, 2.24) is 19.3 Å². The number of hydrogen-bond acceptors (Lipinski definition) is 3. The van der Waals surface area contributed by atoms with Gasteiger partial charge in [0.15, 0.2) is 5.65 Å². The average Bonchev–Trinajstić information content (AvgIpc) is 3.16. The van der Waals surface area contributed by atoms with Gasteiger partial charge in [-0.2, -0.15) is 5.10 Å². The zero-order valence-electron chi connectivity index (χ0n) is 14.8. The maximum absolute atomic E-state index is 13.0. The standard InChI is InChI=1S/C22H15ClN4O/c23-17-8-10-18(11-9-17)27-21-20(12-25-27)22(28)26(14-24-21)13-16-6-3-5-15-4-1-2-7-19(15)16/h1-12,14H,13H2. The van der Waals surface area contributed by atoms with Crippen LogP contribution in [0.2, 0.25) is 5.02 Å². The normalized spacial score (nSPS) is 11.3. The Morgan fingerprint density at radius 2 is 1.68 bits per heavy atom. The summed E-state index contributed by atoms with van der Waals surface area (Å²) in [5, 5.41) is 7.76. The molecule has 0 amide bonds. The van der Waals surface area contributed by atoms with E-state index < -0.39 is 0 Å². The first-order chi connectivity index (χ1) is 13.7. The van der Waals surface area contributed by atoms with Gasteiger partial charge in [0.2, 0.25) is 0 Å². The van der Waals surface area contributed by atoms with Gasteiger partial charge in [-0.1, -0.05) is 54.1 Å². The third-order valence-electron chi connectivity index (χ3n) is 4.85. The zero-order valence-corrected chi connectivity index (χ0v) is 15.5. The second-order valence-corrected chi connectivity index (χ2v) is 7.02.